The van der Waals surface area contributed by atoms with E-state index in [0.717, 1.165) is 5.56 Å². The van der Waals surface area contributed by atoms with Gasteiger partial charge < -0.3 is 11.1 Å². The number of carbonyl (C=O) groups is 1. The summed E-state index contributed by atoms with van der Waals surface area (Å²) in [4.78, 5) is 11.5. The van der Waals surface area contributed by atoms with Crippen molar-refractivity contribution in [1.29, 1.82) is 5.41 Å². The molecule has 1 rings (SSSR count). The summed E-state index contributed by atoms with van der Waals surface area (Å²) in [6.07, 6.45) is 0. The first kappa shape index (κ1) is 10.2. The molecule has 0 fully saturated rings. The summed E-state index contributed by atoms with van der Waals surface area (Å²) in [5.41, 5.74) is 7.54. The van der Waals surface area contributed by atoms with Gasteiger partial charge in [0.05, 0.1) is 5.84 Å². The molecule has 4 heteroatoms. The topological polar surface area (TPSA) is 79.0 Å². The zero-order chi connectivity index (χ0) is 10.7. The number of hydrogen-bond acceptors (Lipinski definition) is 3. The number of aryl methyl sites for hydroxylation is 1. The second-order valence-electron chi connectivity index (χ2n) is 3.15. The predicted molar refractivity (Wildman–Crippen MR) is 56.5 cm³/mol. The largest absolute Gasteiger partial charge is 0.399 e. The molecule has 0 radical (unpaired) electrons. The first-order valence-corrected chi connectivity index (χ1v) is 4.23. The lowest BCUT2D eigenvalue weighted by atomic mass is 10.1. The van der Waals surface area contributed by atoms with Crippen molar-refractivity contribution in [2.75, 3.05) is 5.73 Å². The molecule has 1 amide bonds. The summed E-state index contributed by atoms with van der Waals surface area (Å²) in [5.74, 6) is -0.138. The first-order chi connectivity index (χ1) is 6.50. The van der Waals surface area contributed by atoms with E-state index < -0.39 is 0 Å². The average molecular weight is 191 g/mol. The second kappa shape index (κ2) is 3.91. The molecule has 1 aromatic rings. The quantitative estimate of drug-likeness (QED) is 0.355. The number of nitrogens with one attached hydrogen (secondary N) is 2. The van der Waals surface area contributed by atoms with Gasteiger partial charge in [-0.1, -0.05) is 0 Å². The second-order valence-corrected chi connectivity index (χ2v) is 3.15. The minimum atomic E-state index is -0.269. The van der Waals surface area contributed by atoms with E-state index in [1.54, 1.807) is 18.2 Å². The third-order valence-corrected chi connectivity index (χ3v) is 1.80. The molecule has 0 aliphatic heterocycles. The lowest BCUT2D eigenvalue weighted by Gasteiger charge is -2.06. The predicted octanol–water partition coefficient (Wildman–Crippen LogP) is 1.30. The van der Waals surface area contributed by atoms with Gasteiger partial charge in [0.1, 0.15) is 0 Å². The number of nitrogens with two attached hydrogens (primary N) is 1. The molecular formula is C10H13N3O. The van der Waals surface area contributed by atoms with Gasteiger partial charge in [-0.3, -0.25) is 10.2 Å². The van der Waals surface area contributed by atoms with Crippen LogP contribution < -0.4 is 11.1 Å². The van der Waals surface area contributed by atoms with Gasteiger partial charge in [0.2, 0.25) is 0 Å². The van der Waals surface area contributed by atoms with Gasteiger partial charge in [0, 0.05) is 11.3 Å². The van der Waals surface area contributed by atoms with Gasteiger partial charge in [-0.05, 0) is 37.6 Å². The Balaban J connectivity index is 2.96. The Morgan fingerprint density at radius 1 is 1.50 bits per heavy atom. The number of hydrogen-bond donors (Lipinski definition) is 3. The molecule has 0 saturated heterocycles. The number of rotatable bonds is 1. The van der Waals surface area contributed by atoms with Crippen LogP contribution in [-0.2, 0) is 0 Å². The highest BCUT2D eigenvalue weighted by Gasteiger charge is 2.08. The van der Waals surface area contributed by atoms with Crippen LogP contribution in [0.15, 0.2) is 18.2 Å². The standard InChI is InChI=1S/C10H13N3O/c1-6-5-8(12)3-4-9(6)10(14)13-7(2)11/h3-5H,12H2,1-2H3,(H2,11,13,14). The Morgan fingerprint density at radius 3 is 2.64 bits per heavy atom. The molecule has 0 saturated carbocycles. The summed E-state index contributed by atoms with van der Waals surface area (Å²) >= 11 is 0. The van der Waals surface area contributed by atoms with Crippen LogP contribution in [0.1, 0.15) is 22.8 Å². The Bertz CT molecular complexity index is 385. The van der Waals surface area contributed by atoms with Gasteiger partial charge >= 0.3 is 0 Å². The molecule has 4 N–H and O–H groups in total. The van der Waals surface area contributed by atoms with Crippen molar-refractivity contribution in [3.63, 3.8) is 0 Å². The fourth-order valence-electron chi connectivity index (χ4n) is 1.18. The fraction of sp³-hybridized carbons (Fsp3) is 0.200. The van der Waals surface area contributed by atoms with E-state index in [2.05, 4.69) is 5.32 Å². The number of benzene rings is 1. The third kappa shape index (κ3) is 2.32. The van der Waals surface area contributed by atoms with Crippen molar-refractivity contribution in [2.45, 2.75) is 13.8 Å². The molecule has 0 atom stereocenters. The number of amides is 1. The normalized spacial score (nSPS) is 9.57. The Labute approximate surface area is 82.6 Å². The summed E-state index contributed by atoms with van der Waals surface area (Å²) < 4.78 is 0. The zero-order valence-corrected chi connectivity index (χ0v) is 8.22. The van der Waals surface area contributed by atoms with Crippen LogP contribution in [0.3, 0.4) is 0 Å². The van der Waals surface area contributed by atoms with Crippen LogP contribution in [0.5, 0.6) is 0 Å². The van der Waals surface area contributed by atoms with E-state index in [1.165, 1.54) is 6.92 Å². The summed E-state index contributed by atoms with van der Waals surface area (Å²) in [6, 6.07) is 5.05. The maximum absolute atomic E-state index is 11.5. The Kier molecular flexibility index (Phi) is 2.86. The maximum atomic E-state index is 11.5. The zero-order valence-electron chi connectivity index (χ0n) is 8.22. The molecule has 0 unspecified atom stereocenters. The molecule has 0 aliphatic carbocycles. The molecule has 0 aliphatic rings. The maximum Gasteiger partial charge on any atom is 0.256 e. The van der Waals surface area contributed by atoms with Crippen molar-refractivity contribution in [1.82, 2.24) is 5.32 Å². The van der Waals surface area contributed by atoms with E-state index >= 15 is 0 Å². The van der Waals surface area contributed by atoms with Crippen molar-refractivity contribution in [3.8, 4) is 0 Å². The molecule has 0 bridgehead atoms. The van der Waals surface area contributed by atoms with Gasteiger partial charge in [0.15, 0.2) is 0 Å². The first-order valence-electron chi connectivity index (χ1n) is 4.23. The molecule has 0 aromatic heterocycles. The molecule has 0 heterocycles. The van der Waals surface area contributed by atoms with Crippen LogP contribution in [0.4, 0.5) is 5.69 Å². The Morgan fingerprint density at radius 2 is 2.14 bits per heavy atom. The van der Waals surface area contributed by atoms with Crippen LogP contribution in [0.2, 0.25) is 0 Å². The van der Waals surface area contributed by atoms with Gasteiger partial charge in [-0.25, -0.2) is 0 Å². The fourth-order valence-corrected chi connectivity index (χ4v) is 1.18. The molecule has 1 aromatic carbocycles. The van der Waals surface area contributed by atoms with Crippen LogP contribution in [0.25, 0.3) is 0 Å². The van der Waals surface area contributed by atoms with Crippen LogP contribution in [0, 0.1) is 12.3 Å². The van der Waals surface area contributed by atoms with E-state index in [9.17, 15) is 4.79 Å². The van der Waals surface area contributed by atoms with Crippen molar-refractivity contribution < 1.29 is 4.79 Å². The van der Waals surface area contributed by atoms with E-state index in [0.29, 0.717) is 11.3 Å². The van der Waals surface area contributed by atoms with Gasteiger partial charge in [-0.15, -0.1) is 0 Å². The Hall–Kier alpha value is -1.84. The van der Waals surface area contributed by atoms with Crippen molar-refractivity contribution in [3.05, 3.63) is 29.3 Å². The van der Waals surface area contributed by atoms with E-state index in [1.807, 2.05) is 6.92 Å². The third-order valence-electron chi connectivity index (χ3n) is 1.80. The molecular weight excluding hydrogens is 178 g/mol. The van der Waals surface area contributed by atoms with Crippen molar-refractivity contribution >= 4 is 17.4 Å². The SMILES string of the molecule is CC(=N)NC(=O)c1ccc(N)cc1C. The molecule has 0 spiro atoms. The summed E-state index contributed by atoms with van der Waals surface area (Å²) in [6.45, 7) is 3.33. The number of nitrogen functional groups attached to an aromatic ring is 1. The minimum Gasteiger partial charge on any atom is -0.399 e. The number of anilines is 1. The van der Waals surface area contributed by atoms with E-state index in [4.69, 9.17) is 11.1 Å². The van der Waals surface area contributed by atoms with Gasteiger partial charge in [-0.2, -0.15) is 0 Å². The minimum absolute atomic E-state index is 0.131. The monoisotopic (exact) mass is 191 g/mol. The summed E-state index contributed by atoms with van der Waals surface area (Å²) in [7, 11) is 0. The van der Waals surface area contributed by atoms with Crippen molar-refractivity contribution in [2.24, 2.45) is 0 Å². The van der Waals surface area contributed by atoms with E-state index in [-0.39, 0.29) is 11.7 Å². The van der Waals surface area contributed by atoms with Crippen LogP contribution >= 0.6 is 0 Å². The smallest absolute Gasteiger partial charge is 0.256 e. The molecule has 14 heavy (non-hydrogen) atoms. The highest BCUT2D eigenvalue weighted by molar-refractivity contribution is 6.05. The highest BCUT2D eigenvalue weighted by Crippen LogP contribution is 2.11. The number of carbonyl (C=O) groups excluding carboxylic acids is 1. The lowest BCUT2D eigenvalue weighted by molar-refractivity contribution is 0.0976. The molecule has 4 nitrogen and oxygen atoms in total. The van der Waals surface area contributed by atoms with Gasteiger partial charge in [0.25, 0.3) is 5.91 Å². The number of amidine groups is 1. The lowest BCUT2D eigenvalue weighted by Crippen LogP contribution is -2.28. The average Bonchev–Trinajstić information content (AvgIpc) is 2.01. The highest BCUT2D eigenvalue weighted by atomic mass is 16.1. The molecule has 74 valence electrons. The summed E-state index contributed by atoms with van der Waals surface area (Å²) in [5, 5.41) is 9.55. The van der Waals surface area contributed by atoms with Crippen LogP contribution in [-0.4, -0.2) is 11.7 Å².